The van der Waals surface area contributed by atoms with Crippen molar-refractivity contribution in [2.45, 2.75) is 34.0 Å². The van der Waals surface area contributed by atoms with Crippen molar-refractivity contribution < 1.29 is 9.84 Å². The molecule has 100 valence electrons. The summed E-state index contributed by atoms with van der Waals surface area (Å²) in [7, 11) is 0. The lowest BCUT2D eigenvalue weighted by atomic mass is 10.0. The molecular weight excluding hydrogens is 238 g/mol. The van der Waals surface area contributed by atoms with Crippen LogP contribution in [-0.4, -0.2) is 10.1 Å². The molecule has 0 amide bonds. The molecule has 1 N–H and O–H groups in total. The first-order valence-electron chi connectivity index (χ1n) is 6.37. The maximum atomic E-state index is 9.31. The zero-order valence-electron chi connectivity index (χ0n) is 11.6. The largest absolute Gasteiger partial charge is 0.487 e. The van der Waals surface area contributed by atoms with Crippen LogP contribution in [0.25, 0.3) is 0 Å². The second-order valence-corrected chi connectivity index (χ2v) is 4.71. The first kappa shape index (κ1) is 13.6. The van der Waals surface area contributed by atoms with E-state index in [9.17, 15) is 5.11 Å². The van der Waals surface area contributed by atoms with Crippen molar-refractivity contribution in [3.05, 3.63) is 58.4 Å². The normalized spacial score (nSPS) is 10.5. The number of aliphatic hydroxyl groups excluding tert-OH is 1. The molecule has 2 aromatic rings. The van der Waals surface area contributed by atoms with Crippen molar-refractivity contribution in [2.24, 2.45) is 0 Å². The van der Waals surface area contributed by atoms with Crippen LogP contribution in [0.3, 0.4) is 0 Å². The molecule has 19 heavy (non-hydrogen) atoms. The Morgan fingerprint density at radius 3 is 2.37 bits per heavy atom. The number of benzene rings is 1. The number of aliphatic hydroxyl groups is 1. The molecule has 0 aliphatic rings. The van der Waals surface area contributed by atoms with Crippen LogP contribution in [0, 0.1) is 20.8 Å². The lowest BCUT2D eigenvalue weighted by molar-refractivity contribution is 0.252. The summed E-state index contributed by atoms with van der Waals surface area (Å²) in [5, 5.41) is 9.31. The van der Waals surface area contributed by atoms with Gasteiger partial charge in [0.1, 0.15) is 18.1 Å². The number of pyridine rings is 1. The summed E-state index contributed by atoms with van der Waals surface area (Å²) in [5.41, 5.74) is 5.08. The molecule has 0 radical (unpaired) electrons. The molecule has 1 heterocycles. The average Bonchev–Trinajstić information content (AvgIpc) is 2.39. The zero-order valence-corrected chi connectivity index (χ0v) is 11.6. The lowest BCUT2D eigenvalue weighted by Crippen LogP contribution is -2.04. The van der Waals surface area contributed by atoms with Gasteiger partial charge in [-0.05, 0) is 49.6 Å². The van der Waals surface area contributed by atoms with E-state index in [1.165, 1.54) is 16.7 Å². The topological polar surface area (TPSA) is 42.4 Å². The number of hydrogen-bond acceptors (Lipinski definition) is 3. The highest BCUT2D eigenvalue weighted by Gasteiger charge is 2.07. The molecule has 0 aliphatic carbocycles. The summed E-state index contributed by atoms with van der Waals surface area (Å²) in [5.74, 6) is 0.649. The number of nitrogens with zero attached hydrogens (tertiary/aromatic N) is 1. The minimum absolute atomic E-state index is 0.107. The number of hydrogen-bond donors (Lipinski definition) is 1. The van der Waals surface area contributed by atoms with Crippen LogP contribution in [0.1, 0.15) is 28.1 Å². The molecule has 2 rings (SSSR count). The van der Waals surface area contributed by atoms with Crippen molar-refractivity contribution in [2.75, 3.05) is 0 Å². The van der Waals surface area contributed by atoms with E-state index in [0.717, 1.165) is 5.69 Å². The van der Waals surface area contributed by atoms with Gasteiger partial charge in [0.25, 0.3) is 0 Å². The first-order valence-corrected chi connectivity index (χ1v) is 6.37. The predicted octanol–water partition coefficient (Wildman–Crippen LogP) is 3.08. The molecule has 0 bridgehead atoms. The molecular formula is C16H19NO2. The molecule has 3 nitrogen and oxygen atoms in total. The fraction of sp³-hybridized carbons (Fsp3) is 0.312. The maximum Gasteiger partial charge on any atom is 0.143 e. The SMILES string of the molecule is Cc1ccc(OCc2c(C)cccc2C)c(CO)n1. The van der Waals surface area contributed by atoms with E-state index in [0.29, 0.717) is 18.1 Å². The monoisotopic (exact) mass is 257 g/mol. The Hall–Kier alpha value is -1.87. The molecule has 0 fully saturated rings. The molecule has 0 spiro atoms. The van der Waals surface area contributed by atoms with Crippen LogP contribution in [-0.2, 0) is 13.2 Å². The predicted molar refractivity (Wildman–Crippen MR) is 75.1 cm³/mol. The van der Waals surface area contributed by atoms with Crippen molar-refractivity contribution in [1.29, 1.82) is 0 Å². The van der Waals surface area contributed by atoms with Crippen LogP contribution >= 0.6 is 0 Å². The first-order chi connectivity index (χ1) is 9.11. The number of aromatic nitrogens is 1. The van der Waals surface area contributed by atoms with Gasteiger partial charge in [-0.3, -0.25) is 4.98 Å². The Bertz CT molecular complexity index is 559. The molecule has 0 saturated heterocycles. The Morgan fingerprint density at radius 2 is 1.74 bits per heavy atom. The second-order valence-electron chi connectivity index (χ2n) is 4.71. The molecule has 0 saturated carbocycles. The van der Waals surface area contributed by atoms with Gasteiger partial charge >= 0.3 is 0 Å². The summed E-state index contributed by atoms with van der Waals surface area (Å²) < 4.78 is 5.81. The quantitative estimate of drug-likeness (QED) is 0.915. The van der Waals surface area contributed by atoms with Gasteiger partial charge in [0.05, 0.1) is 6.61 Å². The molecule has 3 heteroatoms. The summed E-state index contributed by atoms with van der Waals surface area (Å²) in [6, 6.07) is 9.94. The number of rotatable bonds is 4. The minimum atomic E-state index is -0.107. The van der Waals surface area contributed by atoms with Crippen LogP contribution in [0.2, 0.25) is 0 Å². The number of aryl methyl sites for hydroxylation is 3. The van der Waals surface area contributed by atoms with Crippen molar-refractivity contribution in [3.8, 4) is 5.75 Å². The van der Waals surface area contributed by atoms with Crippen LogP contribution in [0.4, 0.5) is 0 Å². The fourth-order valence-corrected chi connectivity index (χ4v) is 2.07. The number of ether oxygens (including phenoxy) is 1. The fourth-order valence-electron chi connectivity index (χ4n) is 2.07. The van der Waals surface area contributed by atoms with Gasteiger partial charge in [-0.15, -0.1) is 0 Å². The van der Waals surface area contributed by atoms with E-state index < -0.39 is 0 Å². The summed E-state index contributed by atoms with van der Waals surface area (Å²) in [6.07, 6.45) is 0. The van der Waals surface area contributed by atoms with Crippen LogP contribution < -0.4 is 4.74 Å². The third kappa shape index (κ3) is 3.12. The van der Waals surface area contributed by atoms with E-state index in [4.69, 9.17) is 4.74 Å². The molecule has 1 aromatic carbocycles. The molecule has 0 aliphatic heterocycles. The van der Waals surface area contributed by atoms with Gasteiger partial charge in [-0.2, -0.15) is 0 Å². The average molecular weight is 257 g/mol. The van der Waals surface area contributed by atoms with Crippen molar-refractivity contribution in [1.82, 2.24) is 4.98 Å². The molecule has 0 atom stereocenters. The smallest absolute Gasteiger partial charge is 0.143 e. The van der Waals surface area contributed by atoms with E-state index in [1.807, 2.05) is 25.1 Å². The third-order valence-electron chi connectivity index (χ3n) is 3.24. The van der Waals surface area contributed by atoms with Gasteiger partial charge in [-0.25, -0.2) is 0 Å². The Balaban J connectivity index is 2.19. The Kier molecular flexibility index (Phi) is 4.17. The van der Waals surface area contributed by atoms with E-state index in [2.05, 4.69) is 31.0 Å². The van der Waals surface area contributed by atoms with Gasteiger partial charge < -0.3 is 9.84 Å². The van der Waals surface area contributed by atoms with Crippen LogP contribution in [0.5, 0.6) is 5.75 Å². The zero-order chi connectivity index (χ0) is 13.8. The highest BCUT2D eigenvalue weighted by Crippen LogP contribution is 2.20. The maximum absolute atomic E-state index is 9.31. The minimum Gasteiger partial charge on any atom is -0.487 e. The van der Waals surface area contributed by atoms with E-state index in [1.54, 1.807) is 0 Å². The van der Waals surface area contributed by atoms with E-state index in [-0.39, 0.29) is 6.61 Å². The van der Waals surface area contributed by atoms with Gasteiger partial charge in [0, 0.05) is 5.69 Å². The Morgan fingerprint density at radius 1 is 1.05 bits per heavy atom. The van der Waals surface area contributed by atoms with Crippen LogP contribution in [0.15, 0.2) is 30.3 Å². The van der Waals surface area contributed by atoms with Crippen molar-refractivity contribution in [3.63, 3.8) is 0 Å². The van der Waals surface area contributed by atoms with Crippen molar-refractivity contribution >= 4 is 0 Å². The third-order valence-corrected chi connectivity index (χ3v) is 3.24. The lowest BCUT2D eigenvalue weighted by Gasteiger charge is -2.13. The van der Waals surface area contributed by atoms with Gasteiger partial charge in [-0.1, -0.05) is 18.2 Å². The van der Waals surface area contributed by atoms with Gasteiger partial charge in [0.2, 0.25) is 0 Å². The molecule has 1 aromatic heterocycles. The van der Waals surface area contributed by atoms with E-state index >= 15 is 0 Å². The standard InChI is InChI=1S/C16H19NO2/c1-11-5-4-6-12(2)14(11)10-19-16-8-7-13(3)17-15(16)9-18/h4-8,18H,9-10H2,1-3H3. The summed E-state index contributed by atoms with van der Waals surface area (Å²) >= 11 is 0. The summed E-state index contributed by atoms with van der Waals surface area (Å²) in [6.45, 7) is 6.44. The molecule has 0 unspecified atom stereocenters. The second kappa shape index (κ2) is 5.85. The summed E-state index contributed by atoms with van der Waals surface area (Å²) in [4.78, 5) is 4.27. The highest BCUT2D eigenvalue weighted by molar-refractivity contribution is 5.34. The van der Waals surface area contributed by atoms with Gasteiger partial charge in [0.15, 0.2) is 0 Å². The Labute approximate surface area is 113 Å². The highest BCUT2D eigenvalue weighted by atomic mass is 16.5.